The number of piperidine rings is 1. The summed E-state index contributed by atoms with van der Waals surface area (Å²) in [6, 6.07) is 0.373. The largest absolute Gasteiger partial charge is 0.450 e. The van der Waals surface area contributed by atoms with Gasteiger partial charge in [-0.3, -0.25) is 0 Å². The van der Waals surface area contributed by atoms with Crippen LogP contribution in [-0.2, 0) is 11.3 Å². The molecule has 1 aliphatic rings. The van der Waals surface area contributed by atoms with E-state index in [-0.39, 0.29) is 6.09 Å². The predicted octanol–water partition coefficient (Wildman–Crippen LogP) is 1.09. The molecule has 1 N–H and O–H groups in total. The fourth-order valence-electron chi connectivity index (χ4n) is 2.12. The van der Waals surface area contributed by atoms with E-state index in [0.717, 1.165) is 25.9 Å². The van der Waals surface area contributed by atoms with Gasteiger partial charge in [0, 0.05) is 26.1 Å². The topological polar surface area (TPSA) is 80.5 Å². The lowest BCUT2D eigenvalue weighted by atomic mass is 10.1. The fourth-order valence-corrected chi connectivity index (χ4v) is 2.12. The zero-order valence-electron chi connectivity index (χ0n) is 11.4. The number of amides is 1. The van der Waals surface area contributed by atoms with Gasteiger partial charge in [0.1, 0.15) is 0 Å². The summed E-state index contributed by atoms with van der Waals surface area (Å²) in [6.45, 7) is 6.03. The lowest BCUT2D eigenvalue weighted by Crippen LogP contribution is -2.44. The molecule has 7 heteroatoms. The lowest BCUT2D eigenvalue weighted by molar-refractivity contribution is 0.0948. The standard InChI is InChI=1S/C12H20N4O3/c1-3-18-12(17)16-6-4-10(5-7-16)13-8-11-15-14-9(2)19-11/h10,13H,3-8H2,1-2H3. The summed E-state index contributed by atoms with van der Waals surface area (Å²) in [4.78, 5) is 13.3. The molecule has 1 fully saturated rings. The van der Waals surface area contributed by atoms with E-state index in [9.17, 15) is 4.79 Å². The Labute approximate surface area is 112 Å². The minimum absolute atomic E-state index is 0.214. The first-order valence-electron chi connectivity index (χ1n) is 6.63. The van der Waals surface area contributed by atoms with E-state index in [2.05, 4.69) is 15.5 Å². The number of aryl methyl sites for hydroxylation is 1. The molecule has 2 rings (SSSR count). The maximum absolute atomic E-state index is 11.5. The van der Waals surface area contributed by atoms with E-state index in [0.29, 0.717) is 31.0 Å². The van der Waals surface area contributed by atoms with Crippen molar-refractivity contribution in [1.82, 2.24) is 20.4 Å². The Balaban J connectivity index is 1.70. The zero-order chi connectivity index (χ0) is 13.7. The second-order valence-electron chi connectivity index (χ2n) is 4.56. The predicted molar refractivity (Wildman–Crippen MR) is 67.5 cm³/mol. The Morgan fingerprint density at radius 2 is 2.21 bits per heavy atom. The van der Waals surface area contributed by atoms with Gasteiger partial charge in [-0.2, -0.15) is 0 Å². The first kappa shape index (κ1) is 13.8. The maximum atomic E-state index is 11.5. The molecule has 1 saturated heterocycles. The molecule has 19 heavy (non-hydrogen) atoms. The Morgan fingerprint density at radius 3 is 2.79 bits per heavy atom. The van der Waals surface area contributed by atoms with Crippen LogP contribution in [0, 0.1) is 6.92 Å². The van der Waals surface area contributed by atoms with Gasteiger partial charge in [-0.1, -0.05) is 0 Å². The second-order valence-corrected chi connectivity index (χ2v) is 4.56. The Kier molecular flexibility index (Phi) is 4.73. The molecule has 0 aromatic carbocycles. The van der Waals surface area contributed by atoms with Crippen LogP contribution in [0.1, 0.15) is 31.5 Å². The van der Waals surface area contributed by atoms with Gasteiger partial charge in [0.05, 0.1) is 13.2 Å². The van der Waals surface area contributed by atoms with Crippen LogP contribution >= 0.6 is 0 Å². The van der Waals surface area contributed by atoms with Gasteiger partial charge >= 0.3 is 6.09 Å². The number of nitrogens with one attached hydrogen (secondary N) is 1. The number of hydrogen-bond donors (Lipinski definition) is 1. The van der Waals surface area contributed by atoms with Crippen LogP contribution in [0.2, 0.25) is 0 Å². The number of carbonyl (C=O) groups excluding carboxylic acids is 1. The number of nitrogens with zero attached hydrogens (tertiary/aromatic N) is 3. The minimum Gasteiger partial charge on any atom is -0.450 e. The smallest absolute Gasteiger partial charge is 0.409 e. The summed E-state index contributed by atoms with van der Waals surface area (Å²) in [7, 11) is 0. The zero-order valence-corrected chi connectivity index (χ0v) is 11.4. The van der Waals surface area contributed by atoms with Crippen LogP contribution in [-0.4, -0.2) is 46.9 Å². The first-order chi connectivity index (χ1) is 9.19. The third kappa shape index (κ3) is 3.92. The van der Waals surface area contributed by atoms with Crippen molar-refractivity contribution in [3.05, 3.63) is 11.8 Å². The lowest BCUT2D eigenvalue weighted by Gasteiger charge is -2.31. The quantitative estimate of drug-likeness (QED) is 0.880. The molecule has 1 aliphatic heterocycles. The highest BCUT2D eigenvalue weighted by atomic mass is 16.6. The van der Waals surface area contributed by atoms with Gasteiger partial charge in [0.15, 0.2) is 0 Å². The highest BCUT2D eigenvalue weighted by molar-refractivity contribution is 5.67. The van der Waals surface area contributed by atoms with Crippen LogP contribution in [0.15, 0.2) is 4.42 Å². The van der Waals surface area contributed by atoms with Crippen molar-refractivity contribution < 1.29 is 13.9 Å². The van der Waals surface area contributed by atoms with Gasteiger partial charge in [-0.05, 0) is 19.8 Å². The van der Waals surface area contributed by atoms with E-state index in [1.807, 2.05) is 6.92 Å². The molecule has 106 valence electrons. The molecule has 0 radical (unpaired) electrons. The highest BCUT2D eigenvalue weighted by Gasteiger charge is 2.23. The molecule has 0 unspecified atom stereocenters. The van der Waals surface area contributed by atoms with Gasteiger partial charge in [0.2, 0.25) is 11.8 Å². The number of carbonyl (C=O) groups is 1. The van der Waals surface area contributed by atoms with Crippen LogP contribution in [0.5, 0.6) is 0 Å². The van der Waals surface area contributed by atoms with Crippen molar-refractivity contribution in [3.8, 4) is 0 Å². The molecular formula is C12H20N4O3. The van der Waals surface area contributed by atoms with E-state index >= 15 is 0 Å². The summed E-state index contributed by atoms with van der Waals surface area (Å²) in [5.41, 5.74) is 0. The van der Waals surface area contributed by atoms with E-state index in [1.165, 1.54) is 0 Å². The number of rotatable bonds is 4. The highest BCUT2D eigenvalue weighted by Crippen LogP contribution is 2.12. The number of ether oxygens (including phenoxy) is 1. The molecule has 2 heterocycles. The summed E-state index contributed by atoms with van der Waals surface area (Å²) in [5.74, 6) is 1.18. The third-order valence-corrected chi connectivity index (χ3v) is 3.13. The molecule has 0 spiro atoms. The molecule has 1 aromatic rings. The van der Waals surface area contributed by atoms with E-state index in [4.69, 9.17) is 9.15 Å². The van der Waals surface area contributed by atoms with Crippen LogP contribution in [0.3, 0.4) is 0 Å². The second kappa shape index (κ2) is 6.51. The van der Waals surface area contributed by atoms with E-state index < -0.39 is 0 Å². The Hall–Kier alpha value is -1.63. The van der Waals surface area contributed by atoms with Crippen molar-refractivity contribution in [2.45, 2.75) is 39.3 Å². The fraction of sp³-hybridized carbons (Fsp3) is 0.750. The van der Waals surface area contributed by atoms with Crippen LogP contribution in [0.25, 0.3) is 0 Å². The Morgan fingerprint density at radius 1 is 1.47 bits per heavy atom. The summed E-state index contributed by atoms with van der Waals surface area (Å²) in [6.07, 6.45) is 1.60. The maximum Gasteiger partial charge on any atom is 0.409 e. The van der Waals surface area contributed by atoms with Crippen molar-refractivity contribution in [3.63, 3.8) is 0 Å². The number of likely N-dealkylation sites (tertiary alicyclic amines) is 1. The monoisotopic (exact) mass is 268 g/mol. The molecule has 0 bridgehead atoms. The van der Waals surface area contributed by atoms with Crippen LogP contribution in [0.4, 0.5) is 4.79 Å². The van der Waals surface area contributed by atoms with Gasteiger partial charge in [-0.25, -0.2) is 4.79 Å². The molecule has 7 nitrogen and oxygen atoms in total. The third-order valence-electron chi connectivity index (χ3n) is 3.13. The van der Waals surface area contributed by atoms with Gasteiger partial charge in [-0.15, -0.1) is 10.2 Å². The van der Waals surface area contributed by atoms with Crippen molar-refractivity contribution >= 4 is 6.09 Å². The normalized spacial score (nSPS) is 16.6. The first-order valence-corrected chi connectivity index (χ1v) is 6.63. The van der Waals surface area contributed by atoms with E-state index in [1.54, 1.807) is 11.8 Å². The number of hydrogen-bond acceptors (Lipinski definition) is 6. The van der Waals surface area contributed by atoms with Gasteiger partial charge in [0.25, 0.3) is 0 Å². The minimum atomic E-state index is -0.214. The summed E-state index contributed by atoms with van der Waals surface area (Å²) < 4.78 is 10.3. The Bertz CT molecular complexity index is 413. The number of aromatic nitrogens is 2. The average Bonchev–Trinajstić information content (AvgIpc) is 2.83. The molecule has 1 amide bonds. The molecule has 0 saturated carbocycles. The van der Waals surface area contributed by atoms with Crippen molar-refractivity contribution in [1.29, 1.82) is 0 Å². The van der Waals surface area contributed by atoms with Gasteiger partial charge < -0.3 is 19.4 Å². The molecule has 0 aliphatic carbocycles. The molecular weight excluding hydrogens is 248 g/mol. The SMILES string of the molecule is CCOC(=O)N1CCC(NCc2nnc(C)o2)CC1. The molecule has 0 atom stereocenters. The van der Waals surface area contributed by atoms with Crippen molar-refractivity contribution in [2.24, 2.45) is 0 Å². The average molecular weight is 268 g/mol. The molecule has 1 aromatic heterocycles. The summed E-state index contributed by atoms with van der Waals surface area (Å²) >= 11 is 0. The summed E-state index contributed by atoms with van der Waals surface area (Å²) in [5, 5.41) is 11.1. The van der Waals surface area contributed by atoms with Crippen molar-refractivity contribution in [2.75, 3.05) is 19.7 Å². The van der Waals surface area contributed by atoms with Crippen LogP contribution < -0.4 is 5.32 Å².